The normalized spacial score (nSPS) is 20.2. The van der Waals surface area contributed by atoms with Gasteiger partial charge in [0.05, 0.1) is 0 Å². The van der Waals surface area contributed by atoms with E-state index in [-0.39, 0.29) is 17.4 Å². The van der Waals surface area contributed by atoms with E-state index in [1.165, 1.54) is 0 Å². The van der Waals surface area contributed by atoms with Crippen LogP contribution in [0.5, 0.6) is 5.75 Å². The van der Waals surface area contributed by atoms with E-state index in [1.807, 2.05) is 0 Å². The first-order chi connectivity index (χ1) is 8.09. The standard InChI is InChI=1S/C11H13FN2O3/c12-6-3-7(9-5-13-1-2-14-9)10(15)8(4-6)11(16)17/h3-4,9,13-15H,1-2,5H2,(H,16,17)/t9-/m0/s1. The molecule has 0 spiro atoms. The first-order valence-electron chi connectivity index (χ1n) is 5.29. The van der Waals surface area contributed by atoms with Gasteiger partial charge in [-0.05, 0) is 12.1 Å². The zero-order valence-electron chi connectivity index (χ0n) is 9.03. The molecule has 5 nitrogen and oxygen atoms in total. The maximum atomic E-state index is 13.3. The average Bonchev–Trinajstić information content (AvgIpc) is 2.32. The molecule has 6 heteroatoms. The van der Waals surface area contributed by atoms with Gasteiger partial charge in [-0.1, -0.05) is 0 Å². The van der Waals surface area contributed by atoms with Gasteiger partial charge in [-0.25, -0.2) is 9.18 Å². The molecule has 0 unspecified atom stereocenters. The molecule has 1 atom stereocenters. The second kappa shape index (κ2) is 4.68. The second-order valence-electron chi connectivity index (χ2n) is 3.91. The summed E-state index contributed by atoms with van der Waals surface area (Å²) in [6.07, 6.45) is 0. The van der Waals surface area contributed by atoms with E-state index in [9.17, 15) is 14.3 Å². The van der Waals surface area contributed by atoms with Crippen LogP contribution >= 0.6 is 0 Å². The highest BCUT2D eigenvalue weighted by atomic mass is 19.1. The first kappa shape index (κ1) is 11.8. The van der Waals surface area contributed by atoms with Gasteiger partial charge in [0.15, 0.2) is 0 Å². The van der Waals surface area contributed by atoms with Crippen LogP contribution in [0, 0.1) is 5.82 Å². The molecule has 4 N–H and O–H groups in total. The number of aromatic hydroxyl groups is 1. The lowest BCUT2D eigenvalue weighted by Gasteiger charge is -2.25. The van der Waals surface area contributed by atoms with E-state index < -0.39 is 17.3 Å². The zero-order valence-corrected chi connectivity index (χ0v) is 9.03. The van der Waals surface area contributed by atoms with Crippen molar-refractivity contribution in [1.29, 1.82) is 0 Å². The molecular formula is C11H13FN2O3. The Bertz CT molecular complexity index is 445. The quantitative estimate of drug-likeness (QED) is 0.604. The molecule has 0 amide bonds. The number of aromatic carboxylic acids is 1. The van der Waals surface area contributed by atoms with Crippen LogP contribution in [-0.4, -0.2) is 35.8 Å². The molecule has 1 fully saturated rings. The van der Waals surface area contributed by atoms with Crippen LogP contribution in [0.3, 0.4) is 0 Å². The highest BCUT2D eigenvalue weighted by Crippen LogP contribution is 2.29. The Balaban J connectivity index is 2.41. The van der Waals surface area contributed by atoms with E-state index in [0.717, 1.165) is 18.7 Å². The smallest absolute Gasteiger partial charge is 0.339 e. The van der Waals surface area contributed by atoms with Crippen molar-refractivity contribution in [3.8, 4) is 5.75 Å². The third-order valence-corrected chi connectivity index (χ3v) is 2.75. The molecule has 1 aromatic carbocycles. The van der Waals surface area contributed by atoms with Crippen molar-refractivity contribution in [2.75, 3.05) is 19.6 Å². The maximum absolute atomic E-state index is 13.3. The first-order valence-corrected chi connectivity index (χ1v) is 5.29. The fourth-order valence-electron chi connectivity index (χ4n) is 1.92. The fraction of sp³-hybridized carbons (Fsp3) is 0.364. The molecule has 1 saturated heterocycles. The van der Waals surface area contributed by atoms with Gasteiger partial charge in [0.25, 0.3) is 0 Å². The number of rotatable bonds is 2. The molecule has 17 heavy (non-hydrogen) atoms. The SMILES string of the molecule is O=C(O)c1cc(F)cc([C@@H]2CNCCN2)c1O. The molecule has 1 aliphatic rings. The lowest BCUT2D eigenvalue weighted by Crippen LogP contribution is -2.42. The predicted octanol–water partition coefficient (Wildman–Crippen LogP) is 0.463. The number of carbonyl (C=O) groups is 1. The molecule has 0 saturated carbocycles. The van der Waals surface area contributed by atoms with Crippen molar-refractivity contribution >= 4 is 5.97 Å². The Morgan fingerprint density at radius 2 is 2.18 bits per heavy atom. The number of benzene rings is 1. The maximum Gasteiger partial charge on any atom is 0.339 e. The predicted molar refractivity (Wildman–Crippen MR) is 58.6 cm³/mol. The molecule has 1 aromatic rings. The molecule has 1 heterocycles. The minimum absolute atomic E-state index is 0.273. The van der Waals surface area contributed by atoms with Crippen molar-refractivity contribution in [2.24, 2.45) is 0 Å². The minimum atomic E-state index is -1.34. The van der Waals surface area contributed by atoms with Crippen LogP contribution in [-0.2, 0) is 0 Å². The zero-order chi connectivity index (χ0) is 12.4. The van der Waals surface area contributed by atoms with Crippen molar-refractivity contribution in [3.05, 3.63) is 29.1 Å². The van der Waals surface area contributed by atoms with Crippen molar-refractivity contribution in [2.45, 2.75) is 6.04 Å². The van der Waals surface area contributed by atoms with Gasteiger partial charge in [0, 0.05) is 31.2 Å². The Morgan fingerprint density at radius 3 is 2.76 bits per heavy atom. The van der Waals surface area contributed by atoms with Crippen molar-refractivity contribution in [1.82, 2.24) is 10.6 Å². The van der Waals surface area contributed by atoms with Gasteiger partial charge in [-0.2, -0.15) is 0 Å². The van der Waals surface area contributed by atoms with Gasteiger partial charge < -0.3 is 20.8 Å². The molecule has 0 radical (unpaired) electrons. The van der Waals surface area contributed by atoms with Crippen LogP contribution in [0.4, 0.5) is 4.39 Å². The number of hydrogen-bond acceptors (Lipinski definition) is 4. The van der Waals surface area contributed by atoms with Gasteiger partial charge in [0.1, 0.15) is 17.1 Å². The number of carboxylic acids is 1. The summed E-state index contributed by atoms with van der Waals surface area (Å²) in [5.41, 5.74) is -0.137. The summed E-state index contributed by atoms with van der Waals surface area (Å²) in [5.74, 6) is -2.38. The lowest BCUT2D eigenvalue weighted by molar-refractivity contribution is 0.0692. The molecule has 92 valence electrons. The molecule has 1 aliphatic heterocycles. The third kappa shape index (κ3) is 2.37. The van der Waals surface area contributed by atoms with Crippen molar-refractivity contribution in [3.63, 3.8) is 0 Å². The van der Waals surface area contributed by atoms with Crippen LogP contribution in [0.1, 0.15) is 22.0 Å². The highest BCUT2D eigenvalue weighted by molar-refractivity contribution is 5.91. The minimum Gasteiger partial charge on any atom is -0.507 e. The Labute approximate surface area is 97.3 Å². The van der Waals surface area contributed by atoms with E-state index in [2.05, 4.69) is 10.6 Å². The summed E-state index contributed by atoms with van der Waals surface area (Å²) in [5, 5.41) is 24.8. The van der Waals surface area contributed by atoms with Crippen molar-refractivity contribution < 1.29 is 19.4 Å². The Morgan fingerprint density at radius 1 is 1.41 bits per heavy atom. The molecule has 0 aliphatic carbocycles. The van der Waals surface area contributed by atoms with Crippen LogP contribution in [0.15, 0.2) is 12.1 Å². The monoisotopic (exact) mass is 240 g/mol. The van der Waals surface area contributed by atoms with Crippen LogP contribution < -0.4 is 10.6 Å². The van der Waals surface area contributed by atoms with Gasteiger partial charge in [-0.15, -0.1) is 0 Å². The summed E-state index contributed by atoms with van der Waals surface area (Å²) in [6.45, 7) is 2.00. The molecule has 2 rings (SSSR count). The van der Waals surface area contributed by atoms with Crippen LogP contribution in [0.25, 0.3) is 0 Å². The summed E-state index contributed by atoms with van der Waals surface area (Å²) in [6, 6.07) is 1.70. The Kier molecular flexibility index (Phi) is 3.26. The summed E-state index contributed by atoms with van der Waals surface area (Å²) in [4.78, 5) is 10.8. The largest absolute Gasteiger partial charge is 0.507 e. The second-order valence-corrected chi connectivity index (χ2v) is 3.91. The van der Waals surface area contributed by atoms with Gasteiger partial charge >= 0.3 is 5.97 Å². The summed E-state index contributed by atoms with van der Waals surface area (Å²) >= 11 is 0. The fourth-order valence-corrected chi connectivity index (χ4v) is 1.92. The Hall–Kier alpha value is -1.66. The summed E-state index contributed by atoms with van der Waals surface area (Å²) < 4.78 is 13.3. The summed E-state index contributed by atoms with van der Waals surface area (Å²) in [7, 11) is 0. The van der Waals surface area contributed by atoms with E-state index in [4.69, 9.17) is 5.11 Å². The van der Waals surface area contributed by atoms with Crippen LogP contribution in [0.2, 0.25) is 0 Å². The third-order valence-electron chi connectivity index (χ3n) is 2.75. The number of piperazine rings is 1. The van der Waals surface area contributed by atoms with E-state index in [1.54, 1.807) is 0 Å². The number of nitrogens with one attached hydrogen (secondary N) is 2. The molecule has 0 bridgehead atoms. The lowest BCUT2D eigenvalue weighted by atomic mass is 10.0. The average molecular weight is 240 g/mol. The highest BCUT2D eigenvalue weighted by Gasteiger charge is 2.23. The number of carboxylic acid groups (broad SMARTS) is 1. The number of halogens is 1. The number of hydrogen-bond donors (Lipinski definition) is 4. The topological polar surface area (TPSA) is 81.6 Å². The van der Waals surface area contributed by atoms with E-state index >= 15 is 0 Å². The number of phenols is 1. The molecular weight excluding hydrogens is 227 g/mol. The van der Waals surface area contributed by atoms with Gasteiger partial charge in [-0.3, -0.25) is 0 Å². The van der Waals surface area contributed by atoms with Gasteiger partial charge in [0.2, 0.25) is 0 Å². The van der Waals surface area contributed by atoms with E-state index in [0.29, 0.717) is 13.1 Å². The molecule has 0 aromatic heterocycles.